The number of aromatic nitrogens is 1. The zero-order valence-corrected chi connectivity index (χ0v) is 12.7. The van der Waals surface area contributed by atoms with Gasteiger partial charge in [-0.3, -0.25) is 0 Å². The Balaban J connectivity index is 2.79. The van der Waals surface area contributed by atoms with Gasteiger partial charge in [0, 0.05) is 37.7 Å². The van der Waals surface area contributed by atoms with Crippen molar-refractivity contribution in [3.05, 3.63) is 34.5 Å². The standard InChI is InChI=1S/C15H20ClN3O2/c1-19-6-2-3-11(19)12-9(4-7-20)15(18)13(16)10(5-8-21)14(12)17/h2-3,6,20-21H,4-5,7-8,17-18H2,1H3. The third-order valence-electron chi connectivity index (χ3n) is 3.65. The third-order valence-corrected chi connectivity index (χ3v) is 4.08. The first kappa shape index (κ1) is 15.7. The first-order valence-electron chi connectivity index (χ1n) is 6.74. The monoisotopic (exact) mass is 309 g/mol. The highest BCUT2D eigenvalue weighted by Gasteiger charge is 2.21. The van der Waals surface area contributed by atoms with Crippen molar-refractivity contribution in [3.8, 4) is 11.3 Å². The minimum Gasteiger partial charge on any atom is -0.398 e. The van der Waals surface area contributed by atoms with Crippen molar-refractivity contribution in [2.24, 2.45) is 7.05 Å². The maximum absolute atomic E-state index is 9.30. The summed E-state index contributed by atoms with van der Waals surface area (Å²) in [6.45, 7) is -0.105. The number of aliphatic hydroxyl groups is 2. The Morgan fingerprint density at radius 3 is 2.24 bits per heavy atom. The molecule has 114 valence electrons. The molecule has 1 heterocycles. The molecule has 0 unspecified atom stereocenters. The van der Waals surface area contributed by atoms with Gasteiger partial charge in [-0.2, -0.15) is 0 Å². The first-order chi connectivity index (χ1) is 10.0. The lowest BCUT2D eigenvalue weighted by Crippen LogP contribution is -2.10. The van der Waals surface area contributed by atoms with Crippen molar-refractivity contribution in [1.29, 1.82) is 0 Å². The van der Waals surface area contributed by atoms with Gasteiger partial charge in [-0.1, -0.05) is 11.6 Å². The molecule has 0 saturated carbocycles. The lowest BCUT2D eigenvalue weighted by atomic mass is 9.93. The van der Waals surface area contributed by atoms with Crippen LogP contribution in [0.2, 0.25) is 5.02 Å². The Morgan fingerprint density at radius 2 is 1.71 bits per heavy atom. The molecule has 1 aromatic heterocycles. The van der Waals surface area contributed by atoms with Crippen LogP contribution in [0.25, 0.3) is 11.3 Å². The second kappa shape index (κ2) is 6.39. The molecule has 0 saturated heterocycles. The molecule has 6 N–H and O–H groups in total. The summed E-state index contributed by atoms with van der Waals surface area (Å²) in [5.41, 5.74) is 16.4. The predicted molar refractivity (Wildman–Crippen MR) is 86.3 cm³/mol. The number of rotatable bonds is 5. The third kappa shape index (κ3) is 2.72. The smallest absolute Gasteiger partial charge is 0.0692 e. The Bertz CT molecular complexity index is 653. The van der Waals surface area contributed by atoms with Gasteiger partial charge in [0.2, 0.25) is 0 Å². The second-order valence-electron chi connectivity index (χ2n) is 4.92. The summed E-state index contributed by atoms with van der Waals surface area (Å²) < 4.78 is 1.93. The molecule has 1 aromatic carbocycles. The van der Waals surface area contributed by atoms with E-state index in [0.717, 1.165) is 16.8 Å². The molecule has 6 heteroatoms. The van der Waals surface area contributed by atoms with Gasteiger partial charge in [0.25, 0.3) is 0 Å². The molecular formula is C15H20ClN3O2. The first-order valence-corrected chi connectivity index (χ1v) is 7.12. The molecule has 0 fully saturated rings. The van der Waals surface area contributed by atoms with Crippen molar-refractivity contribution in [3.63, 3.8) is 0 Å². The van der Waals surface area contributed by atoms with Crippen LogP contribution in [-0.2, 0) is 19.9 Å². The van der Waals surface area contributed by atoms with E-state index in [-0.39, 0.29) is 13.2 Å². The van der Waals surface area contributed by atoms with Crippen LogP contribution < -0.4 is 11.5 Å². The SMILES string of the molecule is Cn1cccc1-c1c(N)c(CCO)c(Cl)c(N)c1CCO. The molecule has 0 atom stereocenters. The summed E-state index contributed by atoms with van der Waals surface area (Å²) in [6, 6.07) is 3.84. The van der Waals surface area contributed by atoms with Crippen molar-refractivity contribution in [2.75, 3.05) is 24.7 Å². The molecule has 0 amide bonds. The van der Waals surface area contributed by atoms with E-state index in [4.69, 9.17) is 23.1 Å². The minimum absolute atomic E-state index is 0.0449. The number of hydrogen-bond acceptors (Lipinski definition) is 4. The Morgan fingerprint density at radius 1 is 1.10 bits per heavy atom. The Labute approximate surface area is 128 Å². The number of benzene rings is 1. The molecule has 0 aliphatic heterocycles. The number of nitrogens with zero attached hydrogens (tertiary/aromatic N) is 1. The van der Waals surface area contributed by atoms with E-state index in [0.29, 0.717) is 34.8 Å². The van der Waals surface area contributed by atoms with E-state index in [9.17, 15) is 10.2 Å². The topological polar surface area (TPSA) is 97.4 Å². The number of nitrogen functional groups attached to an aromatic ring is 2. The maximum atomic E-state index is 9.30. The van der Waals surface area contributed by atoms with Crippen molar-refractivity contribution in [1.82, 2.24) is 4.57 Å². The number of anilines is 2. The van der Waals surface area contributed by atoms with Gasteiger partial charge < -0.3 is 26.2 Å². The van der Waals surface area contributed by atoms with Crippen LogP contribution in [0.1, 0.15) is 11.1 Å². The number of aryl methyl sites for hydroxylation is 1. The minimum atomic E-state index is -0.0602. The van der Waals surface area contributed by atoms with Crippen molar-refractivity contribution in [2.45, 2.75) is 12.8 Å². The van der Waals surface area contributed by atoms with Gasteiger partial charge in [-0.05, 0) is 36.1 Å². The number of nitrogens with two attached hydrogens (primary N) is 2. The lowest BCUT2D eigenvalue weighted by Gasteiger charge is -2.20. The summed E-state index contributed by atoms with van der Waals surface area (Å²) in [5.74, 6) is 0. The second-order valence-corrected chi connectivity index (χ2v) is 5.30. The highest BCUT2D eigenvalue weighted by Crippen LogP contribution is 2.42. The van der Waals surface area contributed by atoms with Gasteiger partial charge in [0.1, 0.15) is 0 Å². The fourth-order valence-corrected chi connectivity index (χ4v) is 2.91. The molecule has 0 spiro atoms. The summed E-state index contributed by atoms with van der Waals surface area (Å²) >= 11 is 6.29. The molecule has 21 heavy (non-hydrogen) atoms. The molecule has 5 nitrogen and oxygen atoms in total. The Kier molecular flexibility index (Phi) is 4.77. The summed E-state index contributed by atoms with van der Waals surface area (Å²) in [6.07, 6.45) is 2.62. The van der Waals surface area contributed by atoms with Crippen molar-refractivity contribution >= 4 is 23.0 Å². The van der Waals surface area contributed by atoms with Crippen LogP contribution in [0.5, 0.6) is 0 Å². The van der Waals surface area contributed by atoms with Gasteiger partial charge in [-0.25, -0.2) is 0 Å². The van der Waals surface area contributed by atoms with E-state index >= 15 is 0 Å². The quantitative estimate of drug-likeness (QED) is 0.630. The van der Waals surface area contributed by atoms with Gasteiger partial charge in [0.05, 0.1) is 16.4 Å². The van der Waals surface area contributed by atoms with Crippen LogP contribution in [0.3, 0.4) is 0 Å². The molecule has 0 radical (unpaired) electrons. The predicted octanol–water partition coefficient (Wildman–Crippen LogP) is 1.58. The van der Waals surface area contributed by atoms with Gasteiger partial charge >= 0.3 is 0 Å². The molecular weight excluding hydrogens is 290 g/mol. The highest BCUT2D eigenvalue weighted by atomic mass is 35.5. The number of hydrogen-bond donors (Lipinski definition) is 4. The molecule has 0 bridgehead atoms. The average molecular weight is 310 g/mol. The van der Waals surface area contributed by atoms with E-state index in [1.165, 1.54) is 0 Å². The fourth-order valence-electron chi connectivity index (χ4n) is 2.60. The largest absolute Gasteiger partial charge is 0.398 e. The molecule has 0 aliphatic carbocycles. The van der Waals surface area contributed by atoms with E-state index in [1.807, 2.05) is 29.9 Å². The summed E-state index contributed by atoms with van der Waals surface area (Å²) in [5, 5.41) is 18.9. The zero-order valence-electron chi connectivity index (χ0n) is 11.9. The zero-order chi connectivity index (χ0) is 15.6. The molecule has 2 rings (SSSR count). The van der Waals surface area contributed by atoms with Crippen LogP contribution in [0.4, 0.5) is 11.4 Å². The molecule has 0 aliphatic rings. The van der Waals surface area contributed by atoms with Crippen LogP contribution in [0.15, 0.2) is 18.3 Å². The number of halogens is 1. The van der Waals surface area contributed by atoms with Crippen LogP contribution in [-0.4, -0.2) is 28.0 Å². The summed E-state index contributed by atoms with van der Waals surface area (Å²) in [4.78, 5) is 0. The van der Waals surface area contributed by atoms with Crippen molar-refractivity contribution < 1.29 is 10.2 Å². The lowest BCUT2D eigenvalue weighted by molar-refractivity contribution is 0.298. The molecule has 2 aromatic rings. The normalized spacial score (nSPS) is 11.0. The van der Waals surface area contributed by atoms with E-state index in [1.54, 1.807) is 0 Å². The maximum Gasteiger partial charge on any atom is 0.0692 e. The highest BCUT2D eigenvalue weighted by molar-refractivity contribution is 6.34. The van der Waals surface area contributed by atoms with E-state index < -0.39 is 0 Å². The van der Waals surface area contributed by atoms with Crippen LogP contribution >= 0.6 is 11.6 Å². The summed E-state index contributed by atoms with van der Waals surface area (Å²) in [7, 11) is 1.91. The van der Waals surface area contributed by atoms with Crippen LogP contribution in [0, 0.1) is 0 Å². The Hall–Kier alpha value is -1.69. The number of aliphatic hydroxyl groups excluding tert-OH is 2. The van der Waals surface area contributed by atoms with Gasteiger partial charge in [0.15, 0.2) is 0 Å². The average Bonchev–Trinajstić information content (AvgIpc) is 2.87. The fraction of sp³-hybridized carbons (Fsp3) is 0.333. The van der Waals surface area contributed by atoms with Gasteiger partial charge in [-0.15, -0.1) is 0 Å². The van der Waals surface area contributed by atoms with E-state index in [2.05, 4.69) is 0 Å².